The first kappa shape index (κ1) is 13.6. The summed E-state index contributed by atoms with van der Waals surface area (Å²) in [6.45, 7) is 7.05. The number of amides is 1. The van der Waals surface area contributed by atoms with E-state index in [0.29, 0.717) is 6.54 Å². The minimum atomic E-state index is -0.422. The molecular formula is C11H22N2O2S. The van der Waals surface area contributed by atoms with Crippen LogP contribution in [0.2, 0.25) is 0 Å². The van der Waals surface area contributed by atoms with Crippen LogP contribution in [-0.2, 0) is 4.74 Å². The van der Waals surface area contributed by atoms with Crippen molar-refractivity contribution >= 4 is 17.9 Å². The van der Waals surface area contributed by atoms with Gasteiger partial charge in [0.1, 0.15) is 5.60 Å². The van der Waals surface area contributed by atoms with Crippen LogP contribution in [0.1, 0.15) is 27.2 Å². The Morgan fingerprint density at radius 2 is 2.25 bits per heavy atom. The summed E-state index contributed by atoms with van der Waals surface area (Å²) in [5, 5.41) is 0. The predicted octanol–water partition coefficient (Wildman–Crippen LogP) is 1.69. The van der Waals surface area contributed by atoms with Crippen LogP contribution < -0.4 is 5.73 Å². The average Bonchev–Trinajstić information content (AvgIpc) is 2.16. The van der Waals surface area contributed by atoms with E-state index in [-0.39, 0.29) is 12.1 Å². The standard InChI is InChI=1S/C11H22N2O2S/c1-11(2,3)15-10(14)13-6-7-16-8-9(13)4-5-12/h9H,4-8,12H2,1-3H3/t9-/m0/s1. The summed E-state index contributed by atoms with van der Waals surface area (Å²) in [6.07, 6.45) is 0.651. The largest absolute Gasteiger partial charge is 0.444 e. The van der Waals surface area contributed by atoms with Gasteiger partial charge in [0.2, 0.25) is 0 Å². The van der Waals surface area contributed by atoms with Crippen molar-refractivity contribution in [2.45, 2.75) is 38.8 Å². The van der Waals surface area contributed by atoms with Gasteiger partial charge >= 0.3 is 6.09 Å². The highest BCUT2D eigenvalue weighted by Gasteiger charge is 2.29. The zero-order valence-electron chi connectivity index (χ0n) is 10.4. The molecule has 1 amide bonds. The van der Waals surface area contributed by atoms with Crippen molar-refractivity contribution in [3.63, 3.8) is 0 Å². The SMILES string of the molecule is CC(C)(C)OC(=O)N1CCSC[C@@H]1CCN. The van der Waals surface area contributed by atoms with E-state index in [9.17, 15) is 4.79 Å². The van der Waals surface area contributed by atoms with Gasteiger partial charge in [0.05, 0.1) is 0 Å². The van der Waals surface area contributed by atoms with E-state index >= 15 is 0 Å². The summed E-state index contributed by atoms with van der Waals surface area (Å²) in [7, 11) is 0. The van der Waals surface area contributed by atoms with Gasteiger partial charge in [-0.2, -0.15) is 11.8 Å². The molecule has 0 aromatic carbocycles. The molecule has 1 aliphatic rings. The molecule has 0 unspecified atom stereocenters. The molecule has 0 radical (unpaired) electrons. The molecule has 94 valence electrons. The number of carbonyl (C=O) groups excluding carboxylic acids is 1. The van der Waals surface area contributed by atoms with Gasteiger partial charge < -0.3 is 15.4 Å². The summed E-state index contributed by atoms with van der Waals surface area (Å²) in [4.78, 5) is 13.8. The first-order chi connectivity index (χ1) is 7.44. The van der Waals surface area contributed by atoms with Gasteiger partial charge in [-0.3, -0.25) is 0 Å². The Balaban J connectivity index is 2.57. The first-order valence-corrected chi connectivity index (χ1v) is 6.87. The zero-order chi connectivity index (χ0) is 12.2. The summed E-state index contributed by atoms with van der Waals surface area (Å²) in [6, 6.07) is 0.235. The number of thioether (sulfide) groups is 1. The Morgan fingerprint density at radius 1 is 1.56 bits per heavy atom. The molecule has 1 rings (SSSR count). The highest BCUT2D eigenvalue weighted by molar-refractivity contribution is 7.99. The topological polar surface area (TPSA) is 55.6 Å². The monoisotopic (exact) mass is 246 g/mol. The Morgan fingerprint density at radius 3 is 2.81 bits per heavy atom. The van der Waals surface area contributed by atoms with Crippen LogP contribution in [-0.4, -0.2) is 47.2 Å². The van der Waals surface area contributed by atoms with E-state index in [1.54, 1.807) is 0 Å². The van der Waals surface area contributed by atoms with Crippen molar-refractivity contribution in [1.29, 1.82) is 0 Å². The predicted molar refractivity (Wildman–Crippen MR) is 67.7 cm³/mol. The van der Waals surface area contributed by atoms with E-state index in [2.05, 4.69) is 0 Å². The van der Waals surface area contributed by atoms with Crippen LogP contribution in [0.5, 0.6) is 0 Å². The van der Waals surface area contributed by atoms with Crippen molar-refractivity contribution in [2.24, 2.45) is 5.73 Å². The van der Waals surface area contributed by atoms with E-state index in [1.165, 1.54) is 0 Å². The van der Waals surface area contributed by atoms with Crippen LogP contribution in [0.3, 0.4) is 0 Å². The lowest BCUT2D eigenvalue weighted by atomic mass is 10.2. The molecule has 0 bridgehead atoms. The fourth-order valence-electron chi connectivity index (χ4n) is 1.65. The third-order valence-corrected chi connectivity index (χ3v) is 3.45. The molecule has 0 spiro atoms. The van der Waals surface area contributed by atoms with Crippen LogP contribution in [0, 0.1) is 0 Å². The summed E-state index contributed by atoms with van der Waals surface area (Å²) >= 11 is 1.88. The highest BCUT2D eigenvalue weighted by atomic mass is 32.2. The van der Waals surface area contributed by atoms with Crippen molar-refractivity contribution in [2.75, 3.05) is 24.6 Å². The molecule has 1 saturated heterocycles. The molecule has 1 aliphatic heterocycles. The number of hydrogen-bond donors (Lipinski definition) is 1. The normalized spacial score (nSPS) is 22.0. The minimum absolute atomic E-state index is 0.203. The maximum absolute atomic E-state index is 12.0. The van der Waals surface area contributed by atoms with Gasteiger partial charge in [0, 0.05) is 24.1 Å². The van der Waals surface area contributed by atoms with Gasteiger partial charge in [-0.25, -0.2) is 4.79 Å². The summed E-state index contributed by atoms with van der Waals surface area (Å²) in [5.41, 5.74) is 5.14. The number of ether oxygens (including phenoxy) is 1. The molecule has 4 nitrogen and oxygen atoms in total. The lowest BCUT2D eigenvalue weighted by molar-refractivity contribution is 0.0183. The fourth-order valence-corrected chi connectivity index (χ4v) is 2.76. The number of carbonyl (C=O) groups is 1. The third-order valence-electron chi connectivity index (χ3n) is 2.36. The molecule has 0 aromatic rings. The van der Waals surface area contributed by atoms with Crippen molar-refractivity contribution < 1.29 is 9.53 Å². The molecule has 16 heavy (non-hydrogen) atoms. The minimum Gasteiger partial charge on any atom is -0.444 e. The zero-order valence-corrected chi connectivity index (χ0v) is 11.2. The Hall–Kier alpha value is -0.420. The smallest absolute Gasteiger partial charge is 0.410 e. The van der Waals surface area contributed by atoms with E-state index in [0.717, 1.165) is 24.5 Å². The van der Waals surface area contributed by atoms with Gasteiger partial charge in [0.15, 0.2) is 0 Å². The van der Waals surface area contributed by atoms with Gasteiger partial charge in [-0.15, -0.1) is 0 Å². The van der Waals surface area contributed by atoms with Gasteiger partial charge in [-0.1, -0.05) is 0 Å². The molecule has 2 N–H and O–H groups in total. The molecule has 5 heteroatoms. The number of hydrogen-bond acceptors (Lipinski definition) is 4. The van der Waals surface area contributed by atoms with E-state index < -0.39 is 5.60 Å². The first-order valence-electron chi connectivity index (χ1n) is 5.71. The van der Waals surface area contributed by atoms with Crippen LogP contribution in [0.15, 0.2) is 0 Å². The lowest BCUT2D eigenvalue weighted by Crippen LogP contribution is -2.48. The van der Waals surface area contributed by atoms with Crippen molar-refractivity contribution in [1.82, 2.24) is 4.90 Å². The van der Waals surface area contributed by atoms with E-state index in [1.807, 2.05) is 37.4 Å². The van der Waals surface area contributed by atoms with Crippen molar-refractivity contribution in [3.8, 4) is 0 Å². The molecule has 1 fully saturated rings. The number of nitrogens with two attached hydrogens (primary N) is 1. The quantitative estimate of drug-likeness (QED) is 0.805. The van der Waals surface area contributed by atoms with Crippen LogP contribution >= 0.6 is 11.8 Å². The van der Waals surface area contributed by atoms with Crippen LogP contribution in [0.4, 0.5) is 4.79 Å². The molecule has 0 aliphatic carbocycles. The second-order valence-corrected chi connectivity index (χ2v) is 6.13. The lowest BCUT2D eigenvalue weighted by Gasteiger charge is -2.36. The average molecular weight is 246 g/mol. The summed E-state index contributed by atoms with van der Waals surface area (Å²) < 4.78 is 5.39. The Labute approximate surface area is 102 Å². The molecule has 0 saturated carbocycles. The maximum Gasteiger partial charge on any atom is 0.410 e. The Bertz CT molecular complexity index is 239. The second-order valence-electron chi connectivity index (χ2n) is 4.98. The van der Waals surface area contributed by atoms with Gasteiger partial charge in [-0.05, 0) is 33.7 Å². The third kappa shape index (κ3) is 4.22. The summed E-state index contributed by atoms with van der Waals surface area (Å²) in [5.74, 6) is 1.96. The molecular weight excluding hydrogens is 224 g/mol. The highest BCUT2D eigenvalue weighted by Crippen LogP contribution is 2.21. The molecule has 1 atom stereocenters. The van der Waals surface area contributed by atoms with E-state index in [4.69, 9.17) is 10.5 Å². The molecule has 1 heterocycles. The maximum atomic E-state index is 12.0. The number of nitrogens with zero attached hydrogens (tertiary/aromatic N) is 1. The molecule has 0 aromatic heterocycles. The van der Waals surface area contributed by atoms with Crippen molar-refractivity contribution in [3.05, 3.63) is 0 Å². The fraction of sp³-hybridized carbons (Fsp3) is 0.909. The number of rotatable bonds is 2. The second kappa shape index (κ2) is 5.77. The van der Waals surface area contributed by atoms with Gasteiger partial charge in [0.25, 0.3) is 0 Å². The Kier molecular flexibility index (Phi) is 4.92. The van der Waals surface area contributed by atoms with Crippen LogP contribution in [0.25, 0.3) is 0 Å².